The van der Waals surface area contributed by atoms with Crippen molar-refractivity contribution in [2.45, 2.75) is 52.6 Å². The van der Waals surface area contributed by atoms with Crippen molar-refractivity contribution >= 4 is 5.97 Å². The van der Waals surface area contributed by atoms with Gasteiger partial charge in [-0.3, -0.25) is 19.6 Å². The molecule has 0 spiro atoms. The number of esters is 1. The highest BCUT2D eigenvalue weighted by Gasteiger charge is 2.29. The van der Waals surface area contributed by atoms with E-state index in [0.29, 0.717) is 61.4 Å². The fourth-order valence-electron chi connectivity index (χ4n) is 7.97. The Morgan fingerprint density at radius 2 is 1.14 bits per heavy atom. The van der Waals surface area contributed by atoms with Gasteiger partial charge in [0.1, 0.15) is 0 Å². The smallest absolute Gasteiger partial charge is 0.320 e. The summed E-state index contributed by atoms with van der Waals surface area (Å²) in [6.45, 7) is 6.20. The van der Waals surface area contributed by atoms with Gasteiger partial charge in [0.2, 0.25) is 0 Å². The van der Waals surface area contributed by atoms with E-state index >= 15 is 0 Å². The summed E-state index contributed by atoms with van der Waals surface area (Å²) in [7, 11) is 0. The molecule has 2 aliphatic rings. The molecule has 320 valence electrons. The number of aromatic nitrogens is 9. The van der Waals surface area contributed by atoms with Crippen LogP contribution in [0.2, 0.25) is 0 Å². The lowest BCUT2D eigenvalue weighted by molar-refractivity contribution is -0.378. The SMILES string of the molecule is CCOC(=O)CN1Cc2cccc(n2)-c2cc(-c3ccc(-c4ccccc4)cc3)cc(n2)-c2cccc(n2)CN(CC2OC(C)O2)Cc2ccn(n2)-c2cncc(n2)-n2ccc(n2)C1. The molecule has 2 aliphatic heterocycles. The number of rotatable bonds is 7. The Labute approximate surface area is 370 Å². The second-order valence-corrected chi connectivity index (χ2v) is 15.7. The molecule has 0 radical (unpaired) electrons. The quantitative estimate of drug-likeness (QED) is 0.148. The fraction of sp³-hybridized carbons (Fsp3) is 0.224. The van der Waals surface area contributed by atoms with Gasteiger partial charge in [-0.25, -0.2) is 29.3 Å². The topological polar surface area (TPSA) is 151 Å². The summed E-state index contributed by atoms with van der Waals surface area (Å²) >= 11 is 0. The second-order valence-electron chi connectivity index (χ2n) is 15.7. The molecular weight excluding hydrogens is 807 g/mol. The van der Waals surface area contributed by atoms with Crippen molar-refractivity contribution in [1.29, 1.82) is 0 Å². The normalized spacial score (nSPS) is 16.7. The van der Waals surface area contributed by atoms with Crippen LogP contribution in [0.25, 0.3) is 56.7 Å². The minimum absolute atomic E-state index is 0.0413. The number of hydrogen-bond donors (Lipinski definition) is 0. The number of ether oxygens (including phenoxy) is 3. The molecule has 0 N–H and O–H groups in total. The van der Waals surface area contributed by atoms with Gasteiger partial charge < -0.3 is 14.2 Å². The molecular formula is C49H45N11O4. The molecule has 1 fully saturated rings. The highest BCUT2D eigenvalue weighted by molar-refractivity contribution is 5.77. The molecule has 2 aromatic carbocycles. The molecule has 8 aromatic rings. The number of carbonyl (C=O) groups is 1. The summed E-state index contributed by atoms with van der Waals surface area (Å²) in [5, 5.41) is 9.74. The van der Waals surface area contributed by atoms with E-state index in [2.05, 4.69) is 58.4 Å². The molecule has 10 rings (SSSR count). The van der Waals surface area contributed by atoms with E-state index in [1.165, 1.54) is 0 Å². The maximum absolute atomic E-state index is 12.9. The van der Waals surface area contributed by atoms with Crippen molar-refractivity contribution in [3.8, 4) is 56.7 Å². The van der Waals surface area contributed by atoms with Crippen molar-refractivity contribution in [2.24, 2.45) is 0 Å². The van der Waals surface area contributed by atoms with E-state index in [1.54, 1.807) is 28.7 Å². The molecule has 15 heteroatoms. The Balaban J connectivity index is 1.07. The van der Waals surface area contributed by atoms with Crippen LogP contribution in [0.3, 0.4) is 0 Å². The first-order chi connectivity index (χ1) is 31.4. The first-order valence-electron chi connectivity index (χ1n) is 21.3. The lowest BCUT2D eigenvalue weighted by Gasteiger charge is -2.37. The predicted octanol–water partition coefficient (Wildman–Crippen LogP) is 7.30. The van der Waals surface area contributed by atoms with Gasteiger partial charge in [-0.05, 0) is 84.6 Å². The molecule has 6 aromatic heterocycles. The Kier molecular flexibility index (Phi) is 11.6. The van der Waals surface area contributed by atoms with Crippen LogP contribution in [0.1, 0.15) is 36.6 Å². The van der Waals surface area contributed by atoms with Crippen LogP contribution in [0.4, 0.5) is 0 Å². The number of nitrogens with zero attached hydrogens (tertiary/aromatic N) is 11. The number of hydrogen-bond acceptors (Lipinski definition) is 13. The van der Waals surface area contributed by atoms with Crippen LogP contribution >= 0.6 is 0 Å². The van der Waals surface area contributed by atoms with Gasteiger partial charge in [-0.2, -0.15) is 10.2 Å². The van der Waals surface area contributed by atoms with Crippen molar-refractivity contribution in [2.75, 3.05) is 19.7 Å². The number of fused-ring (bicyclic) bond motifs is 16. The zero-order valence-electron chi connectivity index (χ0n) is 35.4. The van der Waals surface area contributed by atoms with Gasteiger partial charge in [-0.15, -0.1) is 0 Å². The van der Waals surface area contributed by atoms with E-state index in [0.717, 1.165) is 50.7 Å². The molecule has 0 saturated carbocycles. The molecule has 1 saturated heterocycles. The summed E-state index contributed by atoms with van der Waals surface area (Å²) in [5.74, 6) is 0.716. The Bertz CT molecular complexity index is 2900. The van der Waals surface area contributed by atoms with Crippen molar-refractivity contribution < 1.29 is 19.0 Å². The Morgan fingerprint density at radius 3 is 1.73 bits per heavy atom. The summed E-state index contributed by atoms with van der Waals surface area (Å²) < 4.78 is 20.5. The van der Waals surface area contributed by atoms with Crippen molar-refractivity contribution in [3.05, 3.63) is 163 Å². The monoisotopic (exact) mass is 851 g/mol. The molecule has 0 atom stereocenters. The van der Waals surface area contributed by atoms with E-state index in [4.69, 9.17) is 44.3 Å². The first-order valence-corrected chi connectivity index (χ1v) is 21.3. The minimum Gasteiger partial charge on any atom is -0.465 e. The van der Waals surface area contributed by atoms with E-state index in [-0.39, 0.29) is 31.7 Å². The van der Waals surface area contributed by atoms with Gasteiger partial charge in [0.05, 0.1) is 77.6 Å². The van der Waals surface area contributed by atoms with Crippen molar-refractivity contribution in [1.82, 2.24) is 54.3 Å². The average Bonchev–Trinajstić information content (AvgIpc) is 3.99. The Morgan fingerprint density at radius 1 is 0.594 bits per heavy atom. The third-order valence-corrected chi connectivity index (χ3v) is 11.0. The molecule has 0 amide bonds. The van der Waals surface area contributed by atoms with E-state index in [1.807, 2.05) is 90.9 Å². The molecule has 0 aliphatic carbocycles. The fourth-order valence-corrected chi connectivity index (χ4v) is 7.97. The molecule has 12 bridgehead atoms. The number of carbonyl (C=O) groups excluding carboxylic acids is 1. The third kappa shape index (κ3) is 9.38. The minimum atomic E-state index is -0.372. The maximum atomic E-state index is 12.9. The number of benzene rings is 2. The average molecular weight is 852 g/mol. The summed E-state index contributed by atoms with van der Waals surface area (Å²) in [6.07, 6.45) is 6.39. The van der Waals surface area contributed by atoms with Gasteiger partial charge in [-0.1, -0.05) is 66.7 Å². The van der Waals surface area contributed by atoms with Crippen molar-refractivity contribution in [3.63, 3.8) is 0 Å². The van der Waals surface area contributed by atoms with Crippen LogP contribution in [-0.4, -0.2) is 92.5 Å². The Hall–Kier alpha value is -7.30. The van der Waals surface area contributed by atoms with Crippen LogP contribution in [0, 0.1) is 0 Å². The van der Waals surface area contributed by atoms with E-state index < -0.39 is 0 Å². The second kappa shape index (κ2) is 18.2. The van der Waals surface area contributed by atoms with Crippen LogP contribution in [0.15, 0.2) is 140 Å². The standard InChI is InChI=1S/C49H45N11O4/c1-3-62-48(61)31-57-27-38-11-7-13-42(51-38)44-23-37(36-17-15-35(16-18-36)34-9-5-4-6-10-34)24-45(53-44)43-14-8-12-39(52-43)28-58(32-49-63-33(2)64-49)30-41-20-22-60(56-41)47-26-50-25-46(54-47)59-21-19-40(29-57)55-59/h4-26,33,49H,3,27-32H2,1-2H3. The molecule has 8 heterocycles. The molecule has 0 unspecified atom stereocenters. The maximum Gasteiger partial charge on any atom is 0.320 e. The highest BCUT2D eigenvalue weighted by atomic mass is 16.9. The van der Waals surface area contributed by atoms with Gasteiger partial charge in [0.25, 0.3) is 0 Å². The summed E-state index contributed by atoms with van der Waals surface area (Å²) in [6, 6.07) is 38.8. The van der Waals surface area contributed by atoms with Gasteiger partial charge >= 0.3 is 5.97 Å². The van der Waals surface area contributed by atoms with Crippen LogP contribution < -0.4 is 0 Å². The van der Waals surface area contributed by atoms with Gasteiger partial charge in [0, 0.05) is 38.6 Å². The number of pyridine rings is 3. The zero-order chi connectivity index (χ0) is 43.4. The van der Waals surface area contributed by atoms with Crippen LogP contribution in [0.5, 0.6) is 0 Å². The highest BCUT2D eigenvalue weighted by Crippen LogP contribution is 2.31. The van der Waals surface area contributed by atoms with E-state index in [9.17, 15) is 4.79 Å². The summed E-state index contributed by atoms with van der Waals surface area (Å²) in [4.78, 5) is 42.0. The molecule has 15 nitrogen and oxygen atoms in total. The lowest BCUT2D eigenvalue weighted by Crippen LogP contribution is -2.46. The first kappa shape index (κ1) is 40.8. The predicted molar refractivity (Wildman–Crippen MR) is 238 cm³/mol. The van der Waals surface area contributed by atoms with Crippen LogP contribution in [-0.2, 0) is 45.2 Å². The largest absolute Gasteiger partial charge is 0.465 e. The zero-order valence-corrected chi connectivity index (χ0v) is 35.4. The summed E-state index contributed by atoms with van der Waals surface area (Å²) in [5.41, 5.74) is 10.2. The molecule has 64 heavy (non-hydrogen) atoms. The van der Waals surface area contributed by atoms with Gasteiger partial charge in [0.15, 0.2) is 24.2 Å². The lowest BCUT2D eigenvalue weighted by atomic mass is 9.99. The third-order valence-electron chi connectivity index (χ3n) is 11.0.